The normalized spacial score (nSPS) is 25.0. The fourth-order valence-electron chi connectivity index (χ4n) is 9.14. The van der Waals surface area contributed by atoms with Crippen LogP contribution in [0, 0.1) is 36.5 Å². The highest BCUT2D eigenvalue weighted by molar-refractivity contribution is 6.00. The summed E-state index contributed by atoms with van der Waals surface area (Å²) in [5.41, 5.74) is 6.84. The van der Waals surface area contributed by atoms with Crippen LogP contribution in [-0.4, -0.2) is 67.7 Å². The molecule has 0 N–H and O–H groups in total. The number of imidazole rings is 1. The zero-order valence-corrected chi connectivity index (χ0v) is 26.5. The maximum atomic E-state index is 14.0. The fourth-order valence-corrected chi connectivity index (χ4v) is 9.14. The Morgan fingerprint density at radius 3 is 2.59 bits per heavy atom. The average molecular weight is 614 g/mol. The van der Waals surface area contributed by atoms with Gasteiger partial charge in [0, 0.05) is 79.4 Å². The van der Waals surface area contributed by atoms with Crippen molar-refractivity contribution in [2.45, 2.75) is 51.7 Å². The van der Waals surface area contributed by atoms with Crippen LogP contribution in [-0.2, 0) is 13.1 Å². The van der Waals surface area contributed by atoms with E-state index in [-0.39, 0.29) is 5.91 Å². The molecule has 4 atom stereocenters. The molecule has 0 bridgehead atoms. The molecule has 4 aromatic heterocycles. The molecule has 5 aliphatic rings. The van der Waals surface area contributed by atoms with Crippen molar-refractivity contribution in [1.29, 1.82) is 0 Å². The third kappa shape index (κ3) is 3.99. The smallest absolute Gasteiger partial charge is 0.254 e. The van der Waals surface area contributed by atoms with Gasteiger partial charge in [-0.1, -0.05) is 0 Å². The number of pyridine rings is 2. The molecule has 2 saturated heterocycles. The Morgan fingerprint density at radius 1 is 0.935 bits per heavy atom. The van der Waals surface area contributed by atoms with Crippen molar-refractivity contribution in [3.05, 3.63) is 66.1 Å². The van der Waals surface area contributed by atoms with E-state index in [0.29, 0.717) is 29.4 Å². The van der Waals surface area contributed by atoms with Crippen LogP contribution >= 0.6 is 0 Å². The van der Waals surface area contributed by atoms with Gasteiger partial charge >= 0.3 is 0 Å². The van der Waals surface area contributed by atoms with Gasteiger partial charge in [0.15, 0.2) is 5.82 Å². The maximum absolute atomic E-state index is 14.0. The molecule has 5 aromatic rings. The lowest BCUT2D eigenvalue weighted by Gasteiger charge is -2.52. The molecule has 9 heteroatoms. The number of aryl methyl sites for hydroxylation is 1. The Morgan fingerprint density at radius 2 is 1.80 bits per heavy atom. The summed E-state index contributed by atoms with van der Waals surface area (Å²) in [4.78, 5) is 33.1. The minimum atomic E-state index is 0.128. The van der Waals surface area contributed by atoms with Gasteiger partial charge in [-0.25, -0.2) is 9.97 Å². The van der Waals surface area contributed by atoms with E-state index in [1.807, 2.05) is 37.5 Å². The zero-order valence-electron chi connectivity index (χ0n) is 26.5. The van der Waals surface area contributed by atoms with Gasteiger partial charge < -0.3 is 23.7 Å². The third-order valence-electron chi connectivity index (χ3n) is 11.7. The van der Waals surface area contributed by atoms with Crippen molar-refractivity contribution in [3.63, 3.8) is 0 Å². The lowest BCUT2D eigenvalue weighted by atomic mass is 9.53. The molecule has 234 valence electrons. The van der Waals surface area contributed by atoms with E-state index in [0.717, 1.165) is 89.6 Å². The molecule has 9 nitrogen and oxygen atoms in total. The first-order chi connectivity index (χ1) is 22.5. The van der Waals surface area contributed by atoms with Crippen LogP contribution in [0.3, 0.4) is 0 Å². The Kier molecular flexibility index (Phi) is 5.71. The number of rotatable bonds is 8. The summed E-state index contributed by atoms with van der Waals surface area (Å²) >= 11 is 0. The van der Waals surface area contributed by atoms with E-state index < -0.39 is 0 Å². The molecule has 3 aliphatic carbocycles. The highest BCUT2D eigenvalue weighted by Gasteiger charge is 2.61. The highest BCUT2D eigenvalue weighted by atomic mass is 16.5. The second kappa shape index (κ2) is 9.80. The van der Waals surface area contributed by atoms with Crippen molar-refractivity contribution in [2.75, 3.05) is 31.6 Å². The van der Waals surface area contributed by atoms with Gasteiger partial charge in [-0.3, -0.25) is 9.78 Å². The molecule has 0 radical (unpaired) electrons. The Hall–Kier alpha value is -4.40. The lowest BCUT2D eigenvalue weighted by molar-refractivity contribution is -0.0204. The summed E-state index contributed by atoms with van der Waals surface area (Å²) in [6, 6.07) is 15.1. The number of carbonyl (C=O) groups excluding carboxylic acids is 1. The topological polar surface area (TPSA) is 81.3 Å². The minimum absolute atomic E-state index is 0.128. The number of hydrogen-bond donors (Lipinski definition) is 0. The van der Waals surface area contributed by atoms with Crippen LogP contribution < -0.4 is 9.64 Å². The van der Waals surface area contributed by atoms with E-state index in [4.69, 9.17) is 14.7 Å². The number of benzene rings is 1. The Bertz CT molecular complexity index is 2040. The summed E-state index contributed by atoms with van der Waals surface area (Å²) in [7, 11) is 1.72. The largest absolute Gasteiger partial charge is 0.494 e. The predicted octanol–water partition coefficient (Wildman–Crippen LogP) is 5.79. The maximum Gasteiger partial charge on any atom is 0.254 e. The number of methoxy groups -OCH3 is 1. The summed E-state index contributed by atoms with van der Waals surface area (Å²) in [6.45, 7) is 6.63. The Labute approximate surface area is 268 Å². The monoisotopic (exact) mass is 613 g/mol. The average Bonchev–Trinajstić information content (AvgIpc) is 3.68. The van der Waals surface area contributed by atoms with Gasteiger partial charge in [0.2, 0.25) is 0 Å². The second-order valence-electron chi connectivity index (χ2n) is 14.6. The quantitative estimate of drug-likeness (QED) is 0.220. The SMILES string of the molecule is COc1cc(C(=O)N2CC3CC4CC2[C@H]43)cc2nc(-c3cc4cccnc4n3CC3CC3)n(CC3CN(c4ccnc(C)c4)C3)c12. The van der Waals surface area contributed by atoms with E-state index in [1.54, 1.807) is 7.11 Å². The van der Waals surface area contributed by atoms with Gasteiger partial charge in [-0.05, 0) is 98.7 Å². The van der Waals surface area contributed by atoms with Crippen LogP contribution in [0.1, 0.15) is 41.7 Å². The standard InChI is InChI=1S/C37H39N7O2/c1-21-10-28(7-9-38-21)41-16-23(17-41)19-44-34-29(40-36(44)31-13-24-4-3-8-39-35(24)42(31)18-22-5-6-22)12-26(15-32(34)46-2)37(45)43-20-27-11-25-14-30(43)33(25)27/h3-4,7-10,12-13,15,22-23,25,27,30,33H,5-6,11,14,16-20H2,1-2H3/t25?,27?,30?,33-/m1/s1. The first-order valence-corrected chi connectivity index (χ1v) is 17.0. The van der Waals surface area contributed by atoms with Crippen LogP contribution in [0.2, 0.25) is 0 Å². The number of ether oxygens (including phenoxy) is 1. The first-order valence-electron chi connectivity index (χ1n) is 17.0. The van der Waals surface area contributed by atoms with Crippen LogP contribution in [0.5, 0.6) is 5.75 Å². The number of likely N-dealkylation sites (tertiary alicyclic amines) is 1. The number of carbonyl (C=O) groups is 1. The number of anilines is 1. The van der Waals surface area contributed by atoms with Crippen molar-refractivity contribution < 1.29 is 9.53 Å². The van der Waals surface area contributed by atoms with Crippen LogP contribution in [0.15, 0.2) is 54.9 Å². The molecule has 6 heterocycles. The van der Waals surface area contributed by atoms with E-state index in [2.05, 4.69) is 48.2 Å². The van der Waals surface area contributed by atoms with Crippen molar-refractivity contribution in [3.8, 4) is 17.3 Å². The number of amides is 1. The van der Waals surface area contributed by atoms with Crippen LogP contribution in [0.4, 0.5) is 5.69 Å². The molecule has 0 spiro atoms. The predicted molar refractivity (Wildman–Crippen MR) is 177 cm³/mol. The van der Waals surface area contributed by atoms with Crippen molar-refractivity contribution >= 4 is 33.7 Å². The number of hydrogen-bond acceptors (Lipinski definition) is 6. The Balaban J connectivity index is 1.07. The summed E-state index contributed by atoms with van der Waals surface area (Å²) in [6.07, 6.45) is 8.76. The number of nitrogens with zero attached hydrogens (tertiary/aromatic N) is 7. The molecule has 1 amide bonds. The number of aromatic nitrogens is 5. The summed E-state index contributed by atoms with van der Waals surface area (Å²) in [5.74, 6) is 5.19. The van der Waals surface area contributed by atoms with Gasteiger partial charge in [0.05, 0.1) is 18.3 Å². The van der Waals surface area contributed by atoms with E-state index in [1.165, 1.54) is 31.4 Å². The van der Waals surface area contributed by atoms with Gasteiger partial charge in [0.1, 0.15) is 16.9 Å². The molecule has 1 aromatic carbocycles. The van der Waals surface area contributed by atoms with Gasteiger partial charge in [-0.2, -0.15) is 0 Å². The molecule has 5 fully saturated rings. The minimum Gasteiger partial charge on any atom is -0.494 e. The highest BCUT2D eigenvalue weighted by Crippen LogP contribution is 2.60. The molecule has 46 heavy (non-hydrogen) atoms. The lowest BCUT2D eigenvalue weighted by Crippen LogP contribution is -2.53. The summed E-state index contributed by atoms with van der Waals surface area (Å²) < 4.78 is 10.8. The van der Waals surface area contributed by atoms with E-state index >= 15 is 0 Å². The van der Waals surface area contributed by atoms with Crippen molar-refractivity contribution in [2.24, 2.45) is 29.6 Å². The van der Waals surface area contributed by atoms with Crippen molar-refractivity contribution in [1.82, 2.24) is 29.0 Å². The molecule has 10 rings (SSSR count). The zero-order chi connectivity index (χ0) is 30.7. The fraction of sp³-hybridized carbons (Fsp3) is 0.459. The van der Waals surface area contributed by atoms with Gasteiger partial charge in [-0.15, -0.1) is 0 Å². The molecule has 2 aliphatic heterocycles. The van der Waals surface area contributed by atoms with E-state index in [9.17, 15) is 4.79 Å². The molecule has 3 unspecified atom stereocenters. The molecular formula is C37H39N7O2. The first kappa shape index (κ1) is 26.8. The van der Waals surface area contributed by atoms with Gasteiger partial charge in [0.25, 0.3) is 5.91 Å². The summed E-state index contributed by atoms with van der Waals surface area (Å²) in [5, 5.41) is 1.13. The third-order valence-corrected chi connectivity index (χ3v) is 11.7. The molecular weight excluding hydrogens is 574 g/mol. The second-order valence-corrected chi connectivity index (χ2v) is 14.6. The van der Waals surface area contributed by atoms with Crippen LogP contribution in [0.25, 0.3) is 33.6 Å². The molecule has 3 saturated carbocycles. The number of fused-ring (bicyclic) bond motifs is 2.